The summed E-state index contributed by atoms with van der Waals surface area (Å²) in [6.07, 6.45) is 0. The fraction of sp³-hybridized carbons (Fsp3) is 0.214. The minimum atomic E-state index is -0.0510. The maximum Gasteiger partial charge on any atom is 0.261 e. The monoisotopic (exact) mass is 275 g/mol. The molecule has 0 aliphatic carbocycles. The number of rotatable bonds is 3. The Labute approximate surface area is 115 Å². The second kappa shape index (κ2) is 5.32. The first-order chi connectivity index (χ1) is 9.33. The summed E-state index contributed by atoms with van der Waals surface area (Å²) in [5.41, 5.74) is 0.995. The summed E-state index contributed by atoms with van der Waals surface area (Å²) >= 11 is 1.43. The summed E-state index contributed by atoms with van der Waals surface area (Å²) in [6, 6.07) is 9.39. The predicted molar refractivity (Wildman–Crippen MR) is 72.9 cm³/mol. The average Bonchev–Trinajstić information content (AvgIpc) is 2.99. The molecule has 1 aliphatic rings. The third-order valence-electron chi connectivity index (χ3n) is 2.80. The van der Waals surface area contributed by atoms with Crippen molar-refractivity contribution < 1.29 is 14.3 Å². The minimum Gasteiger partial charge on any atom is -0.486 e. The smallest absolute Gasteiger partial charge is 0.261 e. The van der Waals surface area contributed by atoms with Crippen LogP contribution in [0.3, 0.4) is 0 Å². The normalized spacial score (nSPS) is 13.1. The van der Waals surface area contributed by atoms with E-state index in [4.69, 9.17) is 9.47 Å². The van der Waals surface area contributed by atoms with Crippen LogP contribution in [0.1, 0.15) is 15.2 Å². The highest BCUT2D eigenvalue weighted by Crippen LogP contribution is 2.30. The molecule has 3 rings (SSSR count). The van der Waals surface area contributed by atoms with E-state index in [1.807, 2.05) is 35.7 Å². The molecule has 5 heteroatoms. The van der Waals surface area contributed by atoms with Crippen LogP contribution < -0.4 is 14.8 Å². The summed E-state index contributed by atoms with van der Waals surface area (Å²) in [5.74, 6) is 1.46. The Hall–Kier alpha value is -2.01. The van der Waals surface area contributed by atoms with Gasteiger partial charge in [0.05, 0.1) is 4.88 Å². The van der Waals surface area contributed by atoms with E-state index in [9.17, 15) is 4.79 Å². The molecule has 0 unspecified atom stereocenters. The lowest BCUT2D eigenvalue weighted by Gasteiger charge is -2.18. The van der Waals surface area contributed by atoms with Gasteiger partial charge >= 0.3 is 0 Å². The Morgan fingerprint density at radius 1 is 1.21 bits per heavy atom. The lowest BCUT2D eigenvalue weighted by molar-refractivity contribution is 0.0955. The molecule has 98 valence electrons. The van der Waals surface area contributed by atoms with Crippen LogP contribution in [0.5, 0.6) is 11.5 Å². The zero-order chi connectivity index (χ0) is 13.1. The van der Waals surface area contributed by atoms with Gasteiger partial charge in [0.1, 0.15) is 13.2 Å². The highest BCUT2D eigenvalue weighted by atomic mass is 32.1. The third-order valence-corrected chi connectivity index (χ3v) is 3.67. The van der Waals surface area contributed by atoms with E-state index in [2.05, 4.69) is 5.32 Å². The summed E-state index contributed by atoms with van der Waals surface area (Å²) in [7, 11) is 0. The van der Waals surface area contributed by atoms with Crippen LogP contribution in [-0.4, -0.2) is 19.1 Å². The SMILES string of the molecule is O=C(NCc1ccc2c(c1)OCCO2)c1cccs1. The maximum absolute atomic E-state index is 11.8. The number of ether oxygens (including phenoxy) is 2. The zero-order valence-corrected chi connectivity index (χ0v) is 11.0. The number of carbonyl (C=O) groups is 1. The molecule has 0 radical (unpaired) electrons. The van der Waals surface area contributed by atoms with Gasteiger partial charge in [-0.2, -0.15) is 0 Å². The van der Waals surface area contributed by atoms with Crippen molar-refractivity contribution in [3.63, 3.8) is 0 Å². The van der Waals surface area contributed by atoms with E-state index in [1.54, 1.807) is 0 Å². The molecule has 2 aromatic rings. The van der Waals surface area contributed by atoms with Crippen molar-refractivity contribution in [2.24, 2.45) is 0 Å². The van der Waals surface area contributed by atoms with Crippen LogP contribution in [0.15, 0.2) is 35.7 Å². The molecule has 1 aromatic carbocycles. The zero-order valence-electron chi connectivity index (χ0n) is 10.2. The molecule has 2 heterocycles. The molecule has 1 aromatic heterocycles. The number of benzene rings is 1. The van der Waals surface area contributed by atoms with Crippen molar-refractivity contribution in [1.82, 2.24) is 5.32 Å². The number of hydrogen-bond donors (Lipinski definition) is 1. The van der Waals surface area contributed by atoms with Gasteiger partial charge in [0.2, 0.25) is 0 Å². The first-order valence-electron chi connectivity index (χ1n) is 6.03. The topological polar surface area (TPSA) is 47.6 Å². The second-order valence-corrected chi connectivity index (χ2v) is 5.09. The van der Waals surface area contributed by atoms with E-state index in [-0.39, 0.29) is 5.91 Å². The Kier molecular flexibility index (Phi) is 3.37. The lowest BCUT2D eigenvalue weighted by Crippen LogP contribution is -2.22. The number of thiophene rings is 1. The predicted octanol–water partition coefficient (Wildman–Crippen LogP) is 2.45. The van der Waals surface area contributed by atoms with E-state index >= 15 is 0 Å². The van der Waals surface area contributed by atoms with Crippen LogP contribution in [0.25, 0.3) is 0 Å². The number of hydrogen-bond acceptors (Lipinski definition) is 4. The fourth-order valence-corrected chi connectivity index (χ4v) is 2.52. The van der Waals surface area contributed by atoms with Gasteiger partial charge in [-0.1, -0.05) is 12.1 Å². The highest BCUT2D eigenvalue weighted by molar-refractivity contribution is 7.12. The second-order valence-electron chi connectivity index (χ2n) is 4.14. The van der Waals surface area contributed by atoms with Crippen LogP contribution in [0.2, 0.25) is 0 Å². The molecular weight excluding hydrogens is 262 g/mol. The molecule has 0 saturated carbocycles. The Morgan fingerprint density at radius 2 is 2.05 bits per heavy atom. The third kappa shape index (κ3) is 2.71. The van der Waals surface area contributed by atoms with Crippen molar-refractivity contribution in [3.05, 3.63) is 46.2 Å². The van der Waals surface area contributed by atoms with Crippen molar-refractivity contribution >= 4 is 17.2 Å². The summed E-state index contributed by atoms with van der Waals surface area (Å²) in [6.45, 7) is 1.63. The van der Waals surface area contributed by atoms with Gasteiger partial charge in [0.15, 0.2) is 11.5 Å². The van der Waals surface area contributed by atoms with E-state index in [0.717, 1.165) is 21.9 Å². The Morgan fingerprint density at radius 3 is 2.84 bits per heavy atom. The van der Waals surface area contributed by atoms with E-state index in [1.165, 1.54) is 11.3 Å². The van der Waals surface area contributed by atoms with Crippen LogP contribution in [0.4, 0.5) is 0 Å². The van der Waals surface area contributed by atoms with Crippen molar-refractivity contribution in [2.75, 3.05) is 13.2 Å². The summed E-state index contributed by atoms with van der Waals surface area (Å²) < 4.78 is 11.0. The van der Waals surface area contributed by atoms with Crippen molar-refractivity contribution in [2.45, 2.75) is 6.54 Å². The van der Waals surface area contributed by atoms with Gasteiger partial charge in [-0.3, -0.25) is 4.79 Å². The first-order valence-corrected chi connectivity index (χ1v) is 6.91. The minimum absolute atomic E-state index is 0.0510. The largest absolute Gasteiger partial charge is 0.486 e. The molecule has 0 spiro atoms. The summed E-state index contributed by atoms with van der Waals surface area (Å²) in [4.78, 5) is 12.5. The number of carbonyl (C=O) groups excluding carboxylic acids is 1. The molecule has 4 nitrogen and oxygen atoms in total. The molecule has 0 bridgehead atoms. The fourth-order valence-electron chi connectivity index (χ4n) is 1.87. The maximum atomic E-state index is 11.8. The summed E-state index contributed by atoms with van der Waals surface area (Å²) in [5, 5.41) is 4.77. The van der Waals surface area contributed by atoms with Gasteiger partial charge in [0.25, 0.3) is 5.91 Å². The molecule has 1 aliphatic heterocycles. The first kappa shape index (κ1) is 12.0. The van der Waals surface area contributed by atoms with Crippen molar-refractivity contribution in [3.8, 4) is 11.5 Å². The molecule has 19 heavy (non-hydrogen) atoms. The number of fused-ring (bicyclic) bond motifs is 1. The quantitative estimate of drug-likeness (QED) is 0.936. The number of nitrogens with one attached hydrogen (secondary N) is 1. The van der Waals surface area contributed by atoms with Crippen LogP contribution in [0, 0.1) is 0 Å². The molecule has 0 atom stereocenters. The van der Waals surface area contributed by atoms with Gasteiger partial charge in [0, 0.05) is 6.54 Å². The van der Waals surface area contributed by atoms with Crippen LogP contribution >= 0.6 is 11.3 Å². The Balaban J connectivity index is 1.65. The van der Waals surface area contributed by atoms with Gasteiger partial charge in [-0.05, 0) is 29.1 Å². The van der Waals surface area contributed by atoms with E-state index in [0.29, 0.717) is 19.8 Å². The molecular formula is C14H13NO3S. The van der Waals surface area contributed by atoms with Crippen LogP contribution in [-0.2, 0) is 6.54 Å². The molecule has 1 amide bonds. The average molecular weight is 275 g/mol. The van der Waals surface area contributed by atoms with Crippen molar-refractivity contribution in [1.29, 1.82) is 0 Å². The van der Waals surface area contributed by atoms with Gasteiger partial charge in [-0.15, -0.1) is 11.3 Å². The standard InChI is InChI=1S/C14H13NO3S/c16-14(13-2-1-7-19-13)15-9-10-3-4-11-12(8-10)18-6-5-17-11/h1-4,7-8H,5-6,9H2,(H,15,16). The Bertz CT molecular complexity index is 580. The highest BCUT2D eigenvalue weighted by Gasteiger charge is 2.12. The van der Waals surface area contributed by atoms with E-state index < -0.39 is 0 Å². The molecule has 1 N–H and O–H groups in total. The molecule has 0 fully saturated rings. The van der Waals surface area contributed by atoms with Gasteiger partial charge in [-0.25, -0.2) is 0 Å². The van der Waals surface area contributed by atoms with Gasteiger partial charge < -0.3 is 14.8 Å². The molecule has 0 saturated heterocycles. The number of amides is 1. The lowest BCUT2D eigenvalue weighted by atomic mass is 10.2.